The number of rotatable bonds is 3. The van der Waals surface area contributed by atoms with Crippen molar-refractivity contribution in [1.29, 1.82) is 0 Å². The van der Waals surface area contributed by atoms with Crippen LogP contribution in [0, 0.1) is 0 Å². The number of carbonyl (C=O) groups excluding carboxylic acids is 1. The Morgan fingerprint density at radius 2 is 2.25 bits per heavy atom. The van der Waals surface area contributed by atoms with Crippen LogP contribution >= 0.6 is 0 Å². The Hall–Kier alpha value is -0.630. The largest absolute Gasteiger partial charge is 0.392 e. The van der Waals surface area contributed by atoms with Gasteiger partial charge in [0.1, 0.15) is 0 Å². The number of Topliss-reactive ketones (excluding diaryl/α,β-unsaturated/α-hetero) is 1. The van der Waals surface area contributed by atoms with Gasteiger partial charge >= 0.3 is 0 Å². The molecule has 0 bridgehead atoms. The first-order valence-electron chi connectivity index (χ1n) is 2.54. The van der Waals surface area contributed by atoms with Gasteiger partial charge in [-0.2, -0.15) is 0 Å². The summed E-state index contributed by atoms with van der Waals surface area (Å²) in [5.41, 5.74) is 0.299. The van der Waals surface area contributed by atoms with Crippen LogP contribution in [0.2, 0.25) is 0 Å². The second-order valence-corrected chi connectivity index (χ2v) is 1.54. The zero-order valence-electron chi connectivity index (χ0n) is 4.98. The molecule has 1 N–H and O–H groups in total. The molecule has 2 heteroatoms. The molecular weight excluding hydrogens is 104 g/mol. The van der Waals surface area contributed by atoms with Crippen molar-refractivity contribution in [2.45, 2.75) is 13.3 Å². The van der Waals surface area contributed by atoms with Crippen molar-refractivity contribution in [2.75, 3.05) is 6.61 Å². The Kier molecular flexibility index (Phi) is 3.12. The molecule has 0 radical (unpaired) electrons. The van der Waals surface area contributed by atoms with Crippen LogP contribution in [0.15, 0.2) is 12.2 Å². The van der Waals surface area contributed by atoms with Crippen LogP contribution in [0.1, 0.15) is 13.3 Å². The molecule has 0 saturated carbocycles. The SMILES string of the molecule is C=C(CO)C(=O)CC. The molecule has 0 heterocycles. The highest BCUT2D eigenvalue weighted by Gasteiger charge is 1.99. The highest BCUT2D eigenvalue weighted by molar-refractivity contribution is 5.94. The monoisotopic (exact) mass is 114 g/mol. The van der Waals surface area contributed by atoms with Gasteiger partial charge in [-0.3, -0.25) is 4.79 Å². The maximum Gasteiger partial charge on any atom is 0.160 e. The highest BCUT2D eigenvalue weighted by Crippen LogP contribution is 1.92. The Labute approximate surface area is 48.8 Å². The molecule has 46 valence electrons. The Balaban J connectivity index is 3.64. The molecule has 0 spiro atoms. The third-order valence-corrected chi connectivity index (χ3v) is 0.906. The van der Waals surface area contributed by atoms with E-state index in [9.17, 15) is 4.79 Å². The molecular formula is C6H10O2. The fraction of sp³-hybridized carbons (Fsp3) is 0.500. The molecule has 0 aromatic carbocycles. The minimum Gasteiger partial charge on any atom is -0.392 e. The van der Waals surface area contributed by atoms with Gasteiger partial charge in [0.15, 0.2) is 5.78 Å². The van der Waals surface area contributed by atoms with Crippen LogP contribution in [0.4, 0.5) is 0 Å². The molecule has 0 aliphatic carbocycles. The van der Waals surface area contributed by atoms with Gasteiger partial charge in [-0.15, -0.1) is 0 Å². The first-order valence-corrected chi connectivity index (χ1v) is 2.54. The summed E-state index contributed by atoms with van der Waals surface area (Å²) >= 11 is 0. The van der Waals surface area contributed by atoms with E-state index in [1.165, 1.54) is 0 Å². The van der Waals surface area contributed by atoms with E-state index in [0.29, 0.717) is 12.0 Å². The third kappa shape index (κ3) is 1.89. The van der Waals surface area contributed by atoms with E-state index in [2.05, 4.69) is 6.58 Å². The second-order valence-electron chi connectivity index (χ2n) is 1.54. The van der Waals surface area contributed by atoms with Gasteiger partial charge < -0.3 is 5.11 Å². The van der Waals surface area contributed by atoms with Gasteiger partial charge in [-0.05, 0) is 0 Å². The molecule has 0 fully saturated rings. The van der Waals surface area contributed by atoms with Gasteiger partial charge in [-0.1, -0.05) is 13.5 Å². The average Bonchev–Trinajstić information content (AvgIpc) is 1.84. The standard InChI is InChI=1S/C6H10O2/c1-3-6(8)5(2)4-7/h7H,2-4H2,1H3. The van der Waals surface area contributed by atoms with E-state index in [-0.39, 0.29) is 12.4 Å². The van der Waals surface area contributed by atoms with Crippen LogP contribution < -0.4 is 0 Å². The van der Waals surface area contributed by atoms with Crippen molar-refractivity contribution in [3.05, 3.63) is 12.2 Å². The number of hydrogen-bond donors (Lipinski definition) is 1. The van der Waals surface area contributed by atoms with E-state index in [1.807, 2.05) is 0 Å². The number of aliphatic hydroxyl groups excluding tert-OH is 1. The van der Waals surface area contributed by atoms with Crippen LogP contribution in [-0.4, -0.2) is 17.5 Å². The summed E-state index contributed by atoms with van der Waals surface area (Å²) in [6.07, 6.45) is 0.430. The normalized spacial score (nSPS) is 8.75. The van der Waals surface area contributed by atoms with Crippen LogP contribution in [0.25, 0.3) is 0 Å². The van der Waals surface area contributed by atoms with Crippen molar-refractivity contribution in [3.63, 3.8) is 0 Å². The van der Waals surface area contributed by atoms with Gasteiger partial charge in [0, 0.05) is 12.0 Å². The van der Waals surface area contributed by atoms with Crippen LogP contribution in [0.5, 0.6) is 0 Å². The third-order valence-electron chi connectivity index (χ3n) is 0.906. The molecule has 0 atom stereocenters. The summed E-state index contributed by atoms with van der Waals surface area (Å²) in [4.78, 5) is 10.5. The molecule has 0 aromatic rings. The van der Waals surface area contributed by atoms with Crippen molar-refractivity contribution in [1.82, 2.24) is 0 Å². The van der Waals surface area contributed by atoms with Gasteiger partial charge in [-0.25, -0.2) is 0 Å². The first kappa shape index (κ1) is 7.37. The lowest BCUT2D eigenvalue weighted by Crippen LogP contribution is -2.02. The predicted molar refractivity (Wildman–Crippen MR) is 31.5 cm³/mol. The maximum atomic E-state index is 10.5. The summed E-state index contributed by atoms with van der Waals surface area (Å²) in [5, 5.41) is 8.32. The van der Waals surface area contributed by atoms with Crippen LogP contribution in [0.3, 0.4) is 0 Å². The van der Waals surface area contributed by atoms with Crippen molar-refractivity contribution in [2.24, 2.45) is 0 Å². The zero-order valence-corrected chi connectivity index (χ0v) is 4.98. The molecule has 0 aliphatic heterocycles. The van der Waals surface area contributed by atoms with E-state index in [0.717, 1.165) is 0 Å². The number of carbonyl (C=O) groups is 1. The smallest absolute Gasteiger partial charge is 0.160 e. The Morgan fingerprint density at radius 3 is 2.38 bits per heavy atom. The number of aliphatic hydroxyl groups is 1. The van der Waals surface area contributed by atoms with Gasteiger partial charge in [0.05, 0.1) is 6.61 Å². The lowest BCUT2D eigenvalue weighted by atomic mass is 10.2. The van der Waals surface area contributed by atoms with E-state index < -0.39 is 0 Å². The summed E-state index contributed by atoms with van der Waals surface area (Å²) < 4.78 is 0. The van der Waals surface area contributed by atoms with Crippen molar-refractivity contribution in [3.8, 4) is 0 Å². The highest BCUT2D eigenvalue weighted by atomic mass is 16.3. The lowest BCUT2D eigenvalue weighted by molar-refractivity contribution is -0.115. The minimum absolute atomic E-state index is 0.0625. The topological polar surface area (TPSA) is 37.3 Å². The number of hydrogen-bond acceptors (Lipinski definition) is 2. The molecule has 0 rings (SSSR count). The summed E-state index contributed by atoms with van der Waals surface area (Å²) in [7, 11) is 0. The first-order chi connectivity index (χ1) is 3.72. The lowest BCUT2D eigenvalue weighted by Gasteiger charge is -1.93. The predicted octanol–water partition coefficient (Wildman–Crippen LogP) is 0.514. The second kappa shape index (κ2) is 3.38. The minimum atomic E-state index is -0.216. The quantitative estimate of drug-likeness (QED) is 0.543. The van der Waals surface area contributed by atoms with Gasteiger partial charge in [0.25, 0.3) is 0 Å². The average molecular weight is 114 g/mol. The van der Waals surface area contributed by atoms with Crippen molar-refractivity contribution < 1.29 is 9.90 Å². The Bertz CT molecular complexity index is 91.1. The van der Waals surface area contributed by atoms with Crippen LogP contribution in [-0.2, 0) is 4.79 Å². The molecule has 0 amide bonds. The number of ketones is 1. The molecule has 2 nitrogen and oxygen atoms in total. The van der Waals surface area contributed by atoms with Crippen molar-refractivity contribution >= 4 is 5.78 Å². The maximum absolute atomic E-state index is 10.5. The fourth-order valence-corrected chi connectivity index (χ4v) is 0.338. The molecule has 0 saturated heterocycles. The van der Waals surface area contributed by atoms with Gasteiger partial charge in [0.2, 0.25) is 0 Å². The summed E-state index contributed by atoms with van der Waals surface area (Å²) in [5.74, 6) is -0.0625. The molecule has 0 aromatic heterocycles. The molecule has 8 heavy (non-hydrogen) atoms. The zero-order chi connectivity index (χ0) is 6.57. The fourth-order valence-electron chi connectivity index (χ4n) is 0.338. The molecule has 0 aliphatic rings. The van der Waals surface area contributed by atoms with E-state index in [1.54, 1.807) is 6.92 Å². The summed E-state index contributed by atoms with van der Waals surface area (Å²) in [6, 6.07) is 0. The Morgan fingerprint density at radius 1 is 1.75 bits per heavy atom. The molecule has 0 unspecified atom stereocenters. The van der Waals surface area contributed by atoms with E-state index in [4.69, 9.17) is 5.11 Å². The van der Waals surface area contributed by atoms with E-state index >= 15 is 0 Å². The summed E-state index contributed by atoms with van der Waals surface area (Å²) in [6.45, 7) is 4.87.